The molecule has 0 fully saturated rings. The van der Waals surface area contributed by atoms with E-state index >= 15 is 0 Å². The molecule has 0 aliphatic rings. The van der Waals surface area contributed by atoms with Crippen molar-refractivity contribution < 1.29 is 4.79 Å². The Bertz CT molecular complexity index is 319. The number of aromatic amines is 1. The zero-order valence-corrected chi connectivity index (χ0v) is 10.9. The quantitative estimate of drug-likeness (QED) is 0.666. The molecule has 4 nitrogen and oxygen atoms in total. The first-order valence-electron chi connectivity index (χ1n) is 6.19. The molecule has 0 aliphatic carbocycles. The summed E-state index contributed by atoms with van der Waals surface area (Å²) in [5.74, 6) is 0.539. The fraction of sp³-hybridized carbons (Fsp3) is 0.615. The topological polar surface area (TPSA) is 56.9 Å². The first kappa shape index (κ1) is 13.8. The maximum Gasteiger partial charge on any atom is 0.224 e. The van der Waals surface area contributed by atoms with Crippen molar-refractivity contribution in [1.29, 1.82) is 0 Å². The van der Waals surface area contributed by atoms with Crippen molar-refractivity contribution >= 4 is 5.91 Å². The van der Waals surface area contributed by atoms with Gasteiger partial charge in [-0.25, -0.2) is 0 Å². The highest BCUT2D eigenvalue weighted by Crippen LogP contribution is 2.09. The first-order chi connectivity index (χ1) is 8.15. The minimum absolute atomic E-state index is 0.0450. The lowest BCUT2D eigenvalue weighted by Crippen LogP contribution is -2.39. The summed E-state index contributed by atoms with van der Waals surface area (Å²) in [6.07, 6.45) is 2.75. The van der Waals surface area contributed by atoms with Gasteiger partial charge in [0.15, 0.2) is 0 Å². The SMILES string of the molecule is CNCC(C(=O)NCCc1ccc[nH]1)C(C)C. The first-order valence-corrected chi connectivity index (χ1v) is 6.19. The number of amides is 1. The molecule has 0 spiro atoms. The molecule has 0 saturated heterocycles. The van der Waals surface area contributed by atoms with Crippen LogP contribution in [0.25, 0.3) is 0 Å². The van der Waals surface area contributed by atoms with Gasteiger partial charge in [-0.3, -0.25) is 4.79 Å². The van der Waals surface area contributed by atoms with E-state index in [0.717, 1.165) is 18.7 Å². The predicted octanol–water partition coefficient (Wildman–Crippen LogP) is 1.16. The van der Waals surface area contributed by atoms with Crippen molar-refractivity contribution in [3.63, 3.8) is 0 Å². The van der Waals surface area contributed by atoms with E-state index in [1.807, 2.05) is 25.4 Å². The van der Waals surface area contributed by atoms with E-state index in [9.17, 15) is 4.79 Å². The molecule has 0 bridgehead atoms. The smallest absolute Gasteiger partial charge is 0.224 e. The number of hydrogen-bond donors (Lipinski definition) is 3. The maximum absolute atomic E-state index is 11.9. The lowest BCUT2D eigenvalue weighted by molar-refractivity contribution is -0.126. The van der Waals surface area contributed by atoms with E-state index < -0.39 is 0 Å². The monoisotopic (exact) mass is 237 g/mol. The van der Waals surface area contributed by atoms with Gasteiger partial charge in [0.2, 0.25) is 5.91 Å². The number of nitrogens with one attached hydrogen (secondary N) is 3. The summed E-state index contributed by atoms with van der Waals surface area (Å²) in [7, 11) is 1.88. The van der Waals surface area contributed by atoms with E-state index in [-0.39, 0.29) is 11.8 Å². The molecule has 3 N–H and O–H groups in total. The standard InChI is InChI=1S/C13H23N3O/c1-10(2)12(9-14-3)13(17)16-8-6-11-5-4-7-15-11/h4-5,7,10,12,14-15H,6,8-9H2,1-3H3,(H,16,17). The summed E-state index contributed by atoms with van der Waals surface area (Å²) in [6.45, 7) is 5.57. The van der Waals surface area contributed by atoms with E-state index in [4.69, 9.17) is 0 Å². The molecule has 0 aromatic carbocycles. The molecule has 0 saturated carbocycles. The maximum atomic E-state index is 11.9. The lowest BCUT2D eigenvalue weighted by atomic mass is 9.95. The molecule has 96 valence electrons. The fourth-order valence-corrected chi connectivity index (χ4v) is 1.83. The van der Waals surface area contributed by atoms with Crippen molar-refractivity contribution in [3.05, 3.63) is 24.0 Å². The van der Waals surface area contributed by atoms with Crippen LogP contribution in [0.4, 0.5) is 0 Å². The van der Waals surface area contributed by atoms with Crippen LogP contribution in [0, 0.1) is 11.8 Å². The average molecular weight is 237 g/mol. The van der Waals surface area contributed by atoms with Gasteiger partial charge < -0.3 is 15.6 Å². The molecule has 1 unspecified atom stereocenters. The van der Waals surface area contributed by atoms with Crippen molar-refractivity contribution in [2.45, 2.75) is 20.3 Å². The molecular formula is C13H23N3O. The molecule has 1 aromatic heterocycles. The summed E-state index contributed by atoms with van der Waals surface area (Å²) in [5, 5.41) is 6.06. The van der Waals surface area contributed by atoms with Gasteiger partial charge in [-0.15, -0.1) is 0 Å². The van der Waals surface area contributed by atoms with Crippen molar-refractivity contribution in [2.24, 2.45) is 11.8 Å². The van der Waals surface area contributed by atoms with Gasteiger partial charge >= 0.3 is 0 Å². The third-order valence-corrected chi connectivity index (χ3v) is 2.92. The molecule has 4 heteroatoms. The minimum atomic E-state index is 0.0450. The molecule has 17 heavy (non-hydrogen) atoms. The van der Waals surface area contributed by atoms with Gasteiger partial charge in [-0.1, -0.05) is 13.8 Å². The zero-order chi connectivity index (χ0) is 12.7. The zero-order valence-electron chi connectivity index (χ0n) is 10.9. The summed E-state index contributed by atoms with van der Waals surface area (Å²) in [5.41, 5.74) is 1.15. The van der Waals surface area contributed by atoms with E-state index in [1.54, 1.807) is 0 Å². The van der Waals surface area contributed by atoms with Crippen LogP contribution in [0.2, 0.25) is 0 Å². The Hall–Kier alpha value is -1.29. The van der Waals surface area contributed by atoms with Crippen LogP contribution in [0.3, 0.4) is 0 Å². The van der Waals surface area contributed by atoms with Crippen molar-refractivity contribution in [2.75, 3.05) is 20.1 Å². The van der Waals surface area contributed by atoms with Crippen LogP contribution in [-0.4, -0.2) is 31.0 Å². The van der Waals surface area contributed by atoms with Crippen LogP contribution in [0.1, 0.15) is 19.5 Å². The molecule has 0 radical (unpaired) electrons. The van der Waals surface area contributed by atoms with E-state index in [1.165, 1.54) is 0 Å². The number of H-pyrrole nitrogens is 1. The number of carbonyl (C=O) groups excluding carboxylic acids is 1. The highest BCUT2D eigenvalue weighted by Gasteiger charge is 2.20. The number of aromatic nitrogens is 1. The lowest BCUT2D eigenvalue weighted by Gasteiger charge is -2.19. The molecule has 0 aliphatic heterocycles. The Balaban J connectivity index is 2.31. The Labute approximate surface area is 103 Å². The molecule has 1 heterocycles. The van der Waals surface area contributed by atoms with Gasteiger partial charge in [0.25, 0.3) is 0 Å². The summed E-state index contributed by atoms with van der Waals surface area (Å²) >= 11 is 0. The van der Waals surface area contributed by atoms with Crippen molar-refractivity contribution in [1.82, 2.24) is 15.6 Å². The molecular weight excluding hydrogens is 214 g/mol. The highest BCUT2D eigenvalue weighted by molar-refractivity contribution is 5.79. The minimum Gasteiger partial charge on any atom is -0.365 e. The van der Waals surface area contributed by atoms with Gasteiger partial charge in [-0.2, -0.15) is 0 Å². The molecule has 1 rings (SSSR count). The normalized spacial score (nSPS) is 12.7. The Morgan fingerprint density at radius 2 is 2.24 bits per heavy atom. The van der Waals surface area contributed by atoms with Crippen LogP contribution in [-0.2, 0) is 11.2 Å². The van der Waals surface area contributed by atoms with Gasteiger partial charge in [0.1, 0.15) is 0 Å². The Morgan fingerprint density at radius 1 is 1.47 bits per heavy atom. The fourth-order valence-electron chi connectivity index (χ4n) is 1.83. The second kappa shape index (κ2) is 7.12. The summed E-state index contributed by atoms with van der Waals surface area (Å²) < 4.78 is 0. The second-order valence-corrected chi connectivity index (χ2v) is 4.64. The highest BCUT2D eigenvalue weighted by atomic mass is 16.1. The third kappa shape index (κ3) is 4.61. The van der Waals surface area contributed by atoms with Crippen LogP contribution in [0.15, 0.2) is 18.3 Å². The number of hydrogen-bond acceptors (Lipinski definition) is 2. The van der Waals surface area contributed by atoms with E-state index in [0.29, 0.717) is 12.5 Å². The Morgan fingerprint density at radius 3 is 2.76 bits per heavy atom. The Kier molecular flexibility index (Phi) is 5.77. The van der Waals surface area contributed by atoms with Gasteiger partial charge in [0.05, 0.1) is 5.92 Å². The van der Waals surface area contributed by atoms with Crippen LogP contribution < -0.4 is 10.6 Å². The number of carbonyl (C=O) groups is 1. The van der Waals surface area contributed by atoms with E-state index in [2.05, 4.69) is 29.5 Å². The molecule has 1 amide bonds. The molecule has 1 aromatic rings. The summed E-state index contributed by atoms with van der Waals surface area (Å²) in [4.78, 5) is 15.1. The van der Waals surface area contributed by atoms with Crippen LogP contribution in [0.5, 0.6) is 0 Å². The average Bonchev–Trinajstić information content (AvgIpc) is 2.78. The summed E-state index contributed by atoms with van der Waals surface area (Å²) in [6, 6.07) is 3.99. The van der Waals surface area contributed by atoms with Gasteiger partial charge in [0, 0.05) is 31.4 Å². The van der Waals surface area contributed by atoms with Gasteiger partial charge in [-0.05, 0) is 25.1 Å². The van der Waals surface area contributed by atoms with Crippen molar-refractivity contribution in [3.8, 4) is 0 Å². The second-order valence-electron chi connectivity index (χ2n) is 4.64. The van der Waals surface area contributed by atoms with Crippen LogP contribution >= 0.6 is 0 Å². The number of rotatable bonds is 7. The largest absolute Gasteiger partial charge is 0.365 e. The predicted molar refractivity (Wildman–Crippen MR) is 69.8 cm³/mol. The molecule has 1 atom stereocenters. The third-order valence-electron chi connectivity index (χ3n) is 2.92.